The molecule has 9 aromatic rings. The molecule has 0 saturated carbocycles. The Bertz CT molecular complexity index is 2600. The largest absolute Gasteiger partial charge is 0.557 e. The first-order valence-corrected chi connectivity index (χ1v) is 15.9. The van der Waals surface area contributed by atoms with E-state index in [9.17, 15) is 0 Å². The Morgan fingerprint density at radius 1 is 0.700 bits per heavy atom. The van der Waals surface area contributed by atoms with Gasteiger partial charge < -0.3 is 14.0 Å². The van der Waals surface area contributed by atoms with Crippen LogP contribution >= 0.6 is 0 Å². The maximum Gasteiger partial charge on any atom is 0.0774 e. The van der Waals surface area contributed by atoms with Crippen molar-refractivity contribution in [3.8, 4) is 50.6 Å². The minimum Gasteiger partial charge on any atom is -0.557 e. The number of aryl methyl sites for hydroxylation is 1. The Kier molecular flexibility index (Phi) is 8.24. The van der Waals surface area contributed by atoms with Crippen LogP contribution in [0.4, 0.5) is 0 Å². The van der Waals surface area contributed by atoms with E-state index >= 15 is 0 Å². The van der Waals surface area contributed by atoms with Crippen LogP contribution in [0.2, 0.25) is 0 Å². The molecule has 0 aliphatic rings. The van der Waals surface area contributed by atoms with Gasteiger partial charge in [0.25, 0.3) is 0 Å². The first kappa shape index (κ1) is 28.0. The molecule has 4 nitrogen and oxygen atoms in total. The predicted molar refractivity (Wildman–Crippen MR) is 199 cm³/mol. The van der Waals surface area contributed by atoms with Crippen LogP contribution < -0.4 is 0 Å². The first-order chi connectivity index (χ1) is 25.8. The molecule has 0 fully saturated rings. The molecule has 50 heavy (non-hydrogen) atoms. The average Bonchev–Trinajstić information content (AvgIpc) is 3.79. The fourth-order valence-corrected chi connectivity index (χ4v) is 6.04. The van der Waals surface area contributed by atoms with Gasteiger partial charge >= 0.3 is 0 Å². The van der Waals surface area contributed by atoms with Crippen LogP contribution in [0.5, 0.6) is 0 Å². The summed E-state index contributed by atoms with van der Waals surface area (Å²) in [6.45, 7) is -2.09. The van der Waals surface area contributed by atoms with Crippen molar-refractivity contribution in [3.63, 3.8) is 0 Å². The van der Waals surface area contributed by atoms with Crippen molar-refractivity contribution in [1.82, 2.24) is 14.5 Å². The number of benzene rings is 6. The van der Waals surface area contributed by atoms with E-state index in [1.807, 2.05) is 54.6 Å². The third-order valence-corrected chi connectivity index (χ3v) is 8.32. The van der Waals surface area contributed by atoms with Gasteiger partial charge in [0.15, 0.2) is 0 Å². The number of pyridine rings is 1. The minimum absolute atomic E-state index is 0. The fraction of sp³-hybridized carbons (Fsp3) is 0.0222. The minimum atomic E-state index is -2.09. The molecule has 0 saturated heterocycles. The van der Waals surface area contributed by atoms with Gasteiger partial charge in [0.2, 0.25) is 0 Å². The normalized spacial score (nSPS) is 12.2. The smallest absolute Gasteiger partial charge is 0.0774 e. The molecule has 0 unspecified atom stereocenters. The van der Waals surface area contributed by atoms with Crippen molar-refractivity contribution in [2.24, 2.45) is 0 Å². The molecule has 9 rings (SSSR count). The van der Waals surface area contributed by atoms with Gasteiger partial charge in [0.1, 0.15) is 0 Å². The van der Waals surface area contributed by atoms with Crippen molar-refractivity contribution in [3.05, 3.63) is 188 Å². The van der Waals surface area contributed by atoms with Crippen LogP contribution in [-0.2, 0) is 20.1 Å². The predicted octanol–water partition coefficient (Wildman–Crippen LogP) is 11.4. The van der Waals surface area contributed by atoms with Crippen molar-refractivity contribution in [1.29, 1.82) is 0 Å². The second-order valence-electron chi connectivity index (χ2n) is 11.4. The average molecular weight is 826 g/mol. The Balaban J connectivity index is 0.000000223. The maximum atomic E-state index is 8.01. The summed E-state index contributed by atoms with van der Waals surface area (Å²) in [5.41, 5.74) is 10.6. The molecule has 0 atom stereocenters. The van der Waals surface area contributed by atoms with Gasteiger partial charge in [-0.25, -0.2) is 0 Å². The standard InChI is InChI=1S/C33H21N2O.C12H10N.Ir/c1-3-12-23(13-4-1)25-17-11-18-26(24-14-5-2-6-15-24)32(25)35-30-20-9-8-19-29(30)34-33(35)28-22-36-31-21-10-7-16-27(28)31;1-10-7-8-12(13-9-10)11-5-3-2-4-6-11;/h1-21H;2-5,7-9H,1H3;/q2*-1;/i10D;1D3;. The zero-order valence-corrected chi connectivity index (χ0v) is 29.1. The van der Waals surface area contributed by atoms with E-state index in [1.165, 1.54) is 6.20 Å². The summed E-state index contributed by atoms with van der Waals surface area (Å²) in [6, 6.07) is 55.1. The summed E-state index contributed by atoms with van der Waals surface area (Å²) in [7, 11) is 0. The molecule has 1 radical (unpaired) electrons. The van der Waals surface area contributed by atoms with E-state index in [1.54, 1.807) is 30.3 Å². The Labute approximate surface area is 310 Å². The molecule has 0 spiro atoms. The Morgan fingerprint density at radius 3 is 2.10 bits per heavy atom. The molecule has 0 amide bonds. The summed E-state index contributed by atoms with van der Waals surface area (Å²) in [5, 5.41) is 0.881. The SMILES string of the molecule is [2H]C([2H])([2H])c1ccc(-c2[c-]cccc2)nc1.[2H]c1ccc2c(-c3nc4ccccc4n3-c3c(-c4ccccc4)cccc3-c3ccccc3)[c-]oc2c1.[Ir]. The zero-order chi connectivity index (χ0) is 36.4. The van der Waals surface area contributed by atoms with Crippen molar-refractivity contribution >= 4 is 22.0 Å². The third kappa shape index (κ3) is 6.45. The van der Waals surface area contributed by atoms with Gasteiger partial charge in [-0.3, -0.25) is 4.98 Å². The van der Waals surface area contributed by atoms with Crippen LogP contribution in [0.25, 0.3) is 72.6 Å². The van der Waals surface area contributed by atoms with Crippen molar-refractivity contribution in [2.75, 3.05) is 0 Å². The maximum absolute atomic E-state index is 8.01. The molecule has 0 aliphatic heterocycles. The van der Waals surface area contributed by atoms with E-state index in [0.29, 0.717) is 11.6 Å². The molecular weight excluding hydrogens is 791 g/mol. The van der Waals surface area contributed by atoms with E-state index in [4.69, 9.17) is 14.9 Å². The second-order valence-corrected chi connectivity index (χ2v) is 11.4. The number of nitrogens with zero attached hydrogens (tertiary/aromatic N) is 3. The summed E-state index contributed by atoms with van der Waals surface area (Å²) in [6.07, 6.45) is 4.50. The molecule has 0 aliphatic carbocycles. The van der Waals surface area contributed by atoms with Crippen LogP contribution in [0.15, 0.2) is 174 Å². The van der Waals surface area contributed by atoms with E-state index in [2.05, 4.69) is 94.7 Å². The topological polar surface area (TPSA) is 43.9 Å². The molecular formula is C45H31IrN3O-2. The zero-order valence-electron chi connectivity index (χ0n) is 30.7. The molecule has 3 aromatic heterocycles. The van der Waals surface area contributed by atoms with Crippen LogP contribution in [0, 0.1) is 19.2 Å². The summed E-state index contributed by atoms with van der Waals surface area (Å²) < 4.78 is 37.7. The molecule has 5 heteroatoms. The number of para-hydroxylation sites is 4. The number of furan rings is 1. The molecule has 3 heterocycles. The Morgan fingerprint density at radius 2 is 1.42 bits per heavy atom. The molecule has 0 N–H and O–H groups in total. The van der Waals surface area contributed by atoms with Gasteiger partial charge in [-0.05, 0) is 41.4 Å². The summed E-state index contributed by atoms with van der Waals surface area (Å²) >= 11 is 0. The van der Waals surface area contributed by atoms with Crippen LogP contribution in [0.3, 0.4) is 0 Å². The molecule has 0 bridgehead atoms. The number of imidazole rings is 1. The number of rotatable bonds is 5. The number of hydrogen-bond donors (Lipinski definition) is 0. The third-order valence-electron chi connectivity index (χ3n) is 8.32. The van der Waals surface area contributed by atoms with E-state index in [0.717, 1.165) is 67.0 Å². The molecule has 6 aromatic carbocycles. The Hall–Kier alpha value is -5.87. The number of aromatic nitrogens is 3. The van der Waals surface area contributed by atoms with Crippen LogP contribution in [0.1, 0.15) is 11.0 Å². The van der Waals surface area contributed by atoms with E-state index < -0.39 is 6.85 Å². The van der Waals surface area contributed by atoms with Crippen molar-refractivity contribution < 1.29 is 30.0 Å². The van der Waals surface area contributed by atoms with Gasteiger partial charge in [0.05, 0.1) is 23.9 Å². The van der Waals surface area contributed by atoms with Gasteiger partial charge in [0, 0.05) is 53.4 Å². The van der Waals surface area contributed by atoms with Gasteiger partial charge in [-0.2, -0.15) is 0 Å². The van der Waals surface area contributed by atoms with Gasteiger partial charge in [-0.1, -0.05) is 132 Å². The molecule has 243 valence electrons. The quantitative estimate of drug-likeness (QED) is 0.162. The number of hydrogen-bond acceptors (Lipinski definition) is 3. The fourth-order valence-electron chi connectivity index (χ4n) is 6.04. The van der Waals surface area contributed by atoms with Crippen molar-refractivity contribution in [2.45, 2.75) is 6.85 Å². The second kappa shape index (κ2) is 14.7. The van der Waals surface area contributed by atoms with E-state index in [-0.39, 0.29) is 25.7 Å². The summed E-state index contributed by atoms with van der Waals surface area (Å²) in [5.74, 6) is 0.748. The monoisotopic (exact) mass is 826 g/mol. The summed E-state index contributed by atoms with van der Waals surface area (Å²) in [4.78, 5) is 9.22. The number of fused-ring (bicyclic) bond motifs is 2. The first-order valence-electron chi connectivity index (χ1n) is 17.9. The van der Waals surface area contributed by atoms with Crippen LogP contribution in [-0.4, -0.2) is 14.5 Å². The van der Waals surface area contributed by atoms with Gasteiger partial charge in [-0.15, -0.1) is 42.0 Å².